The summed E-state index contributed by atoms with van der Waals surface area (Å²) in [7, 11) is 1.65. The van der Waals surface area contributed by atoms with Crippen LogP contribution in [0.2, 0.25) is 0 Å². The molecule has 5 nitrogen and oxygen atoms in total. The van der Waals surface area contributed by atoms with Gasteiger partial charge in [-0.05, 0) is 32.0 Å². The molecule has 0 aromatic heterocycles. The van der Waals surface area contributed by atoms with E-state index in [4.69, 9.17) is 9.47 Å². The minimum atomic E-state index is -0.303. The Balaban J connectivity index is 1.73. The predicted octanol–water partition coefficient (Wildman–Crippen LogP) is 2.16. The Hall–Kier alpha value is -1.75. The highest BCUT2D eigenvalue weighted by atomic mass is 16.6. The van der Waals surface area contributed by atoms with E-state index in [-0.39, 0.29) is 11.7 Å². The molecule has 1 amide bonds. The molecule has 1 N–H and O–H groups in total. The fourth-order valence-corrected chi connectivity index (χ4v) is 3.22. The summed E-state index contributed by atoms with van der Waals surface area (Å²) in [5, 5.41) is 3.37. The molecule has 0 bridgehead atoms. The van der Waals surface area contributed by atoms with Gasteiger partial charge in [0.15, 0.2) is 0 Å². The molecule has 114 valence electrons. The molecule has 2 aliphatic heterocycles. The summed E-state index contributed by atoms with van der Waals surface area (Å²) in [5.74, 6) is 0.814. The van der Waals surface area contributed by atoms with Crippen molar-refractivity contribution in [3.05, 3.63) is 29.8 Å². The number of hydrogen-bond donors (Lipinski definition) is 1. The van der Waals surface area contributed by atoms with Crippen LogP contribution in [0.1, 0.15) is 24.8 Å². The Kier molecular flexibility index (Phi) is 4.01. The molecule has 1 spiro atoms. The fourth-order valence-electron chi connectivity index (χ4n) is 3.22. The van der Waals surface area contributed by atoms with E-state index in [2.05, 4.69) is 5.32 Å². The number of carbonyl (C=O) groups excluding carboxylic acids is 1. The third-order valence-electron chi connectivity index (χ3n) is 4.34. The molecular weight excluding hydrogens is 268 g/mol. The maximum atomic E-state index is 12.2. The van der Waals surface area contributed by atoms with Crippen LogP contribution in [0.15, 0.2) is 24.3 Å². The summed E-state index contributed by atoms with van der Waals surface area (Å²) >= 11 is 0. The molecule has 1 unspecified atom stereocenters. The molecule has 3 rings (SSSR count). The lowest BCUT2D eigenvalue weighted by Crippen LogP contribution is -2.35. The zero-order chi connectivity index (χ0) is 14.7. The van der Waals surface area contributed by atoms with E-state index in [1.54, 1.807) is 12.0 Å². The maximum Gasteiger partial charge on any atom is 0.410 e. The molecule has 0 radical (unpaired) electrons. The standard InChI is InChI=1S/C16H22N2O3/c1-20-14-6-3-2-5-13(14)11-18-12-16(21-15(18)19)7-4-9-17-10-8-16/h2-3,5-6,17H,4,7-12H2,1H3. The first-order chi connectivity index (χ1) is 10.2. The van der Waals surface area contributed by atoms with Crippen molar-refractivity contribution < 1.29 is 14.3 Å². The summed E-state index contributed by atoms with van der Waals surface area (Å²) in [5.41, 5.74) is 0.712. The molecule has 2 fully saturated rings. The van der Waals surface area contributed by atoms with Crippen LogP contribution in [0.4, 0.5) is 4.79 Å². The third-order valence-corrected chi connectivity index (χ3v) is 4.34. The van der Waals surface area contributed by atoms with E-state index in [9.17, 15) is 4.79 Å². The first-order valence-electron chi connectivity index (χ1n) is 7.53. The van der Waals surface area contributed by atoms with E-state index in [0.29, 0.717) is 13.1 Å². The first-order valence-corrected chi connectivity index (χ1v) is 7.53. The Morgan fingerprint density at radius 1 is 1.33 bits per heavy atom. The molecule has 0 aliphatic carbocycles. The normalized spacial score (nSPS) is 25.8. The summed E-state index contributed by atoms with van der Waals surface area (Å²) in [4.78, 5) is 14.0. The van der Waals surface area contributed by atoms with Gasteiger partial charge in [0.1, 0.15) is 11.4 Å². The van der Waals surface area contributed by atoms with E-state index in [0.717, 1.165) is 43.7 Å². The highest BCUT2D eigenvalue weighted by molar-refractivity contribution is 5.71. The Labute approximate surface area is 125 Å². The quantitative estimate of drug-likeness (QED) is 0.927. The molecule has 2 heterocycles. The summed E-state index contributed by atoms with van der Waals surface area (Å²) in [6.07, 6.45) is 2.67. The predicted molar refractivity (Wildman–Crippen MR) is 79.3 cm³/mol. The zero-order valence-electron chi connectivity index (χ0n) is 12.4. The highest BCUT2D eigenvalue weighted by Gasteiger charge is 2.44. The van der Waals surface area contributed by atoms with Crippen LogP contribution in [0, 0.1) is 0 Å². The zero-order valence-corrected chi connectivity index (χ0v) is 12.4. The Morgan fingerprint density at radius 3 is 3.05 bits per heavy atom. The average Bonchev–Trinajstić information content (AvgIpc) is 2.65. The lowest BCUT2D eigenvalue weighted by Gasteiger charge is -2.24. The molecule has 5 heteroatoms. The van der Waals surface area contributed by atoms with Crippen molar-refractivity contribution in [3.8, 4) is 5.75 Å². The van der Waals surface area contributed by atoms with E-state index >= 15 is 0 Å². The lowest BCUT2D eigenvalue weighted by molar-refractivity contribution is 0.0469. The first kappa shape index (κ1) is 14.2. The van der Waals surface area contributed by atoms with Gasteiger partial charge in [0.2, 0.25) is 0 Å². The van der Waals surface area contributed by atoms with E-state index in [1.165, 1.54) is 0 Å². The van der Waals surface area contributed by atoms with Crippen LogP contribution in [-0.2, 0) is 11.3 Å². The lowest BCUT2D eigenvalue weighted by atomic mass is 9.95. The minimum Gasteiger partial charge on any atom is -0.496 e. The van der Waals surface area contributed by atoms with Gasteiger partial charge in [0.25, 0.3) is 0 Å². The number of carbonyl (C=O) groups is 1. The van der Waals surface area contributed by atoms with Gasteiger partial charge >= 0.3 is 6.09 Å². The molecule has 2 saturated heterocycles. The van der Waals surface area contributed by atoms with Gasteiger partial charge in [0, 0.05) is 12.0 Å². The third kappa shape index (κ3) is 2.97. The fraction of sp³-hybridized carbons (Fsp3) is 0.562. The molecule has 1 aromatic carbocycles. The van der Waals surface area contributed by atoms with Crippen LogP contribution in [-0.4, -0.2) is 43.3 Å². The second kappa shape index (κ2) is 5.93. The van der Waals surface area contributed by atoms with Gasteiger partial charge in [0.05, 0.1) is 20.2 Å². The van der Waals surface area contributed by atoms with Crippen molar-refractivity contribution in [2.24, 2.45) is 0 Å². The van der Waals surface area contributed by atoms with Gasteiger partial charge < -0.3 is 14.8 Å². The summed E-state index contributed by atoms with van der Waals surface area (Å²) < 4.78 is 11.1. The van der Waals surface area contributed by atoms with Gasteiger partial charge in [-0.15, -0.1) is 0 Å². The SMILES string of the molecule is COc1ccccc1CN1CC2(CCCNCC2)OC1=O. The van der Waals surface area contributed by atoms with Gasteiger partial charge in [-0.3, -0.25) is 4.90 Å². The van der Waals surface area contributed by atoms with Crippen molar-refractivity contribution in [1.82, 2.24) is 10.2 Å². The van der Waals surface area contributed by atoms with E-state index < -0.39 is 0 Å². The maximum absolute atomic E-state index is 12.2. The van der Waals surface area contributed by atoms with Crippen molar-refractivity contribution >= 4 is 6.09 Å². The second-order valence-electron chi connectivity index (χ2n) is 5.82. The van der Waals surface area contributed by atoms with Gasteiger partial charge in [-0.2, -0.15) is 0 Å². The smallest absolute Gasteiger partial charge is 0.410 e. The summed E-state index contributed by atoms with van der Waals surface area (Å²) in [6.45, 7) is 3.13. The molecule has 0 saturated carbocycles. The number of amides is 1. The molecular formula is C16H22N2O3. The van der Waals surface area contributed by atoms with Crippen LogP contribution in [0.5, 0.6) is 5.75 Å². The summed E-state index contributed by atoms with van der Waals surface area (Å²) in [6, 6.07) is 7.81. The van der Waals surface area contributed by atoms with Crippen molar-refractivity contribution in [3.63, 3.8) is 0 Å². The number of nitrogens with zero attached hydrogens (tertiary/aromatic N) is 1. The van der Waals surface area contributed by atoms with Crippen LogP contribution >= 0.6 is 0 Å². The number of methoxy groups -OCH3 is 1. The van der Waals surface area contributed by atoms with Crippen molar-refractivity contribution in [1.29, 1.82) is 0 Å². The Morgan fingerprint density at radius 2 is 2.19 bits per heavy atom. The topological polar surface area (TPSA) is 50.8 Å². The number of hydrogen-bond acceptors (Lipinski definition) is 4. The number of nitrogens with one attached hydrogen (secondary N) is 1. The Bertz CT molecular complexity index is 510. The van der Waals surface area contributed by atoms with E-state index in [1.807, 2.05) is 24.3 Å². The van der Waals surface area contributed by atoms with Crippen molar-refractivity contribution in [2.45, 2.75) is 31.4 Å². The van der Waals surface area contributed by atoms with Gasteiger partial charge in [-0.1, -0.05) is 18.2 Å². The van der Waals surface area contributed by atoms with Crippen molar-refractivity contribution in [2.75, 3.05) is 26.7 Å². The number of ether oxygens (including phenoxy) is 2. The van der Waals surface area contributed by atoms with Crippen LogP contribution in [0.25, 0.3) is 0 Å². The highest BCUT2D eigenvalue weighted by Crippen LogP contribution is 2.33. The molecule has 21 heavy (non-hydrogen) atoms. The van der Waals surface area contributed by atoms with Crippen LogP contribution in [0.3, 0.4) is 0 Å². The largest absolute Gasteiger partial charge is 0.496 e. The number of rotatable bonds is 3. The average molecular weight is 290 g/mol. The number of para-hydroxylation sites is 1. The monoisotopic (exact) mass is 290 g/mol. The van der Waals surface area contributed by atoms with Crippen LogP contribution < -0.4 is 10.1 Å². The second-order valence-corrected chi connectivity index (χ2v) is 5.82. The molecule has 1 atom stereocenters. The van der Waals surface area contributed by atoms with Gasteiger partial charge in [-0.25, -0.2) is 4.79 Å². The minimum absolute atomic E-state index is 0.206. The molecule has 2 aliphatic rings. The molecule has 1 aromatic rings. The number of benzene rings is 1.